The molecule has 0 spiro atoms. The molecule has 2 N–H and O–H groups in total. The predicted molar refractivity (Wildman–Crippen MR) is 106 cm³/mol. The van der Waals surface area contributed by atoms with Crippen LogP contribution in [0.1, 0.15) is 30.3 Å². The lowest BCUT2D eigenvalue weighted by Gasteiger charge is -2.24. The van der Waals surface area contributed by atoms with Crippen LogP contribution in [0.15, 0.2) is 30.5 Å². The summed E-state index contributed by atoms with van der Waals surface area (Å²) in [6.45, 7) is 3.63. The summed E-state index contributed by atoms with van der Waals surface area (Å²) in [5, 5.41) is 15.7. The van der Waals surface area contributed by atoms with E-state index in [2.05, 4.69) is 27.0 Å². The van der Waals surface area contributed by atoms with E-state index in [-0.39, 0.29) is 0 Å². The summed E-state index contributed by atoms with van der Waals surface area (Å²) in [6, 6.07) is 6.36. The van der Waals surface area contributed by atoms with Crippen molar-refractivity contribution in [3.8, 4) is 0 Å². The second-order valence-electron chi connectivity index (χ2n) is 7.32. The molecular weight excluding hydrogens is 435 g/mol. The highest BCUT2D eigenvalue weighted by atomic mass is 19.4. The number of hydrogen-bond acceptors (Lipinski definition) is 4. The van der Waals surface area contributed by atoms with E-state index in [0.717, 1.165) is 37.6 Å². The fourth-order valence-electron chi connectivity index (χ4n) is 3.54. The molecule has 2 aromatic heterocycles. The third kappa shape index (κ3) is 5.58. The Hall–Kier alpha value is -3.08. The van der Waals surface area contributed by atoms with Gasteiger partial charge in [-0.2, -0.15) is 18.3 Å². The molecule has 4 rings (SSSR count). The minimum Gasteiger partial charge on any atom is -0.475 e. The number of aryl methyl sites for hydroxylation is 1. The van der Waals surface area contributed by atoms with Crippen LogP contribution in [0.2, 0.25) is 0 Å². The largest absolute Gasteiger partial charge is 0.490 e. The fourth-order valence-corrected chi connectivity index (χ4v) is 3.54. The van der Waals surface area contributed by atoms with Gasteiger partial charge in [-0.05, 0) is 43.9 Å². The second-order valence-corrected chi connectivity index (χ2v) is 7.32. The molecule has 0 radical (unpaired) electrons. The molecule has 0 fully saturated rings. The van der Waals surface area contributed by atoms with Crippen molar-refractivity contribution >= 4 is 16.9 Å². The van der Waals surface area contributed by atoms with E-state index in [4.69, 9.17) is 9.90 Å². The number of hydrogen-bond donors (Lipinski definition) is 2. The Morgan fingerprint density at radius 3 is 2.59 bits per heavy atom. The molecule has 0 amide bonds. The molecule has 0 saturated heterocycles. The van der Waals surface area contributed by atoms with Crippen LogP contribution in [0.4, 0.5) is 22.0 Å². The predicted octanol–water partition coefficient (Wildman–Crippen LogP) is 4.01. The van der Waals surface area contributed by atoms with E-state index in [9.17, 15) is 22.0 Å². The molecule has 3 aromatic rings. The van der Waals surface area contributed by atoms with E-state index >= 15 is 0 Å². The van der Waals surface area contributed by atoms with E-state index < -0.39 is 23.8 Å². The molecule has 0 bridgehead atoms. The van der Waals surface area contributed by atoms with Gasteiger partial charge in [0.2, 0.25) is 0 Å². The van der Waals surface area contributed by atoms with E-state index in [1.54, 1.807) is 6.07 Å². The first-order chi connectivity index (χ1) is 15.1. The lowest BCUT2D eigenvalue weighted by Crippen LogP contribution is -2.34. The summed E-state index contributed by atoms with van der Waals surface area (Å²) in [6.07, 6.45) is -0.0659. The average molecular weight is 456 g/mol. The van der Waals surface area contributed by atoms with Crippen LogP contribution in [-0.4, -0.2) is 38.1 Å². The highest BCUT2D eigenvalue weighted by Crippen LogP contribution is 2.22. The van der Waals surface area contributed by atoms with Crippen LogP contribution >= 0.6 is 0 Å². The minimum atomic E-state index is -5.08. The molecule has 6 nitrogen and oxygen atoms in total. The molecule has 1 aliphatic rings. The summed E-state index contributed by atoms with van der Waals surface area (Å²) in [4.78, 5) is 13.3. The maximum absolute atomic E-state index is 13.4. The Kier molecular flexibility index (Phi) is 7.07. The highest BCUT2D eigenvalue weighted by molar-refractivity contribution is 5.78. The molecule has 0 saturated carbocycles. The van der Waals surface area contributed by atoms with Crippen molar-refractivity contribution in [1.82, 2.24) is 20.1 Å². The minimum absolute atomic E-state index is 0.379. The van der Waals surface area contributed by atoms with Crippen LogP contribution < -0.4 is 5.32 Å². The fraction of sp³-hybridized carbons (Fsp3) is 0.381. The number of carboxylic acid groups (broad SMARTS) is 1. The van der Waals surface area contributed by atoms with Crippen LogP contribution in [-0.2, 0) is 30.7 Å². The molecule has 1 unspecified atom stereocenters. The van der Waals surface area contributed by atoms with Crippen molar-refractivity contribution < 1.29 is 31.9 Å². The molecule has 1 atom stereocenters. The topological polar surface area (TPSA) is 80.0 Å². The zero-order valence-electron chi connectivity index (χ0n) is 17.1. The molecule has 1 aromatic carbocycles. The average Bonchev–Trinajstić information content (AvgIpc) is 3.15. The van der Waals surface area contributed by atoms with Gasteiger partial charge in [0.25, 0.3) is 0 Å². The quantitative estimate of drug-likeness (QED) is 0.580. The zero-order valence-corrected chi connectivity index (χ0v) is 17.1. The third-order valence-corrected chi connectivity index (χ3v) is 5.13. The Morgan fingerprint density at radius 1 is 1.25 bits per heavy atom. The number of fused-ring (bicyclic) bond motifs is 2. The normalized spacial score (nSPS) is 15.8. The summed E-state index contributed by atoms with van der Waals surface area (Å²) in [7, 11) is 0. The Balaban J connectivity index is 0.000000360. The van der Waals surface area contributed by atoms with Gasteiger partial charge in [-0.15, -0.1) is 0 Å². The van der Waals surface area contributed by atoms with Crippen molar-refractivity contribution in [2.45, 2.75) is 51.5 Å². The van der Waals surface area contributed by atoms with Crippen molar-refractivity contribution in [3.63, 3.8) is 0 Å². The summed E-state index contributed by atoms with van der Waals surface area (Å²) in [5.41, 5.74) is 3.97. The standard InChI is InChI=1S/C19H20F2N4.C2HF3O2/c1-2-25-19-6-5-14(7-13(19)10-23-25)22-11-15-4-3-12-8-16(20)17(21)9-18(12)24-15;3-2(4,5)1(6)7/h3-4,8-10,14,22H,2,5-7,11H2,1H3;(H,6,7). The number of aromatic nitrogens is 3. The van der Waals surface area contributed by atoms with Crippen LogP contribution in [0.5, 0.6) is 0 Å². The monoisotopic (exact) mass is 456 g/mol. The Morgan fingerprint density at radius 2 is 1.94 bits per heavy atom. The van der Waals surface area contributed by atoms with Gasteiger partial charge >= 0.3 is 12.1 Å². The van der Waals surface area contributed by atoms with Gasteiger partial charge in [-0.25, -0.2) is 13.6 Å². The van der Waals surface area contributed by atoms with Gasteiger partial charge in [0.1, 0.15) is 0 Å². The zero-order chi connectivity index (χ0) is 23.5. The number of aliphatic carboxylic acids is 1. The summed E-state index contributed by atoms with van der Waals surface area (Å²) >= 11 is 0. The van der Waals surface area contributed by atoms with E-state index in [1.165, 1.54) is 17.3 Å². The summed E-state index contributed by atoms with van der Waals surface area (Å²) < 4.78 is 60.5. The Labute approximate surface area is 180 Å². The molecule has 11 heteroatoms. The first kappa shape index (κ1) is 23.6. The molecular formula is C21H21F5N4O2. The number of rotatable bonds is 4. The lowest BCUT2D eigenvalue weighted by molar-refractivity contribution is -0.192. The number of carbonyl (C=O) groups is 1. The number of nitrogens with zero attached hydrogens (tertiary/aromatic N) is 3. The number of pyridine rings is 1. The van der Waals surface area contributed by atoms with Gasteiger partial charge in [-0.3, -0.25) is 9.67 Å². The first-order valence-corrected chi connectivity index (χ1v) is 9.90. The van der Waals surface area contributed by atoms with Crippen LogP contribution in [0.25, 0.3) is 10.9 Å². The number of benzene rings is 1. The van der Waals surface area contributed by atoms with E-state index in [0.29, 0.717) is 23.5 Å². The van der Waals surface area contributed by atoms with Gasteiger partial charge in [0, 0.05) is 36.3 Å². The van der Waals surface area contributed by atoms with Gasteiger partial charge in [0.05, 0.1) is 17.4 Å². The molecule has 1 aliphatic carbocycles. The number of halogens is 5. The van der Waals surface area contributed by atoms with Crippen molar-refractivity contribution in [2.24, 2.45) is 0 Å². The van der Waals surface area contributed by atoms with Crippen molar-refractivity contribution in [1.29, 1.82) is 0 Å². The van der Waals surface area contributed by atoms with E-state index in [1.807, 2.05) is 12.3 Å². The highest BCUT2D eigenvalue weighted by Gasteiger charge is 2.38. The molecule has 0 aliphatic heterocycles. The maximum Gasteiger partial charge on any atom is 0.490 e. The third-order valence-electron chi connectivity index (χ3n) is 5.13. The maximum atomic E-state index is 13.4. The molecule has 2 heterocycles. The van der Waals surface area contributed by atoms with Gasteiger partial charge < -0.3 is 10.4 Å². The summed E-state index contributed by atoms with van der Waals surface area (Å²) in [5.74, 6) is -4.46. The van der Waals surface area contributed by atoms with Crippen LogP contribution in [0.3, 0.4) is 0 Å². The SMILES string of the molecule is CCn1ncc2c1CCC(NCc1ccc3cc(F)c(F)cc3n1)C2.O=C(O)C(F)(F)F. The smallest absolute Gasteiger partial charge is 0.475 e. The molecule has 32 heavy (non-hydrogen) atoms. The number of alkyl halides is 3. The van der Waals surface area contributed by atoms with Gasteiger partial charge in [0.15, 0.2) is 11.6 Å². The first-order valence-electron chi connectivity index (χ1n) is 9.90. The lowest BCUT2D eigenvalue weighted by atomic mass is 9.93. The van der Waals surface area contributed by atoms with Gasteiger partial charge in [-0.1, -0.05) is 6.07 Å². The van der Waals surface area contributed by atoms with Crippen LogP contribution in [0, 0.1) is 11.6 Å². The van der Waals surface area contributed by atoms with Crippen molar-refractivity contribution in [3.05, 3.63) is 59.0 Å². The molecule has 172 valence electrons. The second kappa shape index (κ2) is 9.60. The number of nitrogens with one attached hydrogen (secondary N) is 1. The Bertz CT molecular complexity index is 1110. The van der Waals surface area contributed by atoms with Crippen molar-refractivity contribution in [2.75, 3.05) is 0 Å². The number of carboxylic acids is 1.